The van der Waals surface area contributed by atoms with Crippen molar-refractivity contribution in [2.75, 3.05) is 6.54 Å². The highest BCUT2D eigenvalue weighted by atomic mass is 35.5. The molecule has 0 radical (unpaired) electrons. The summed E-state index contributed by atoms with van der Waals surface area (Å²) in [6.45, 7) is 2.50. The summed E-state index contributed by atoms with van der Waals surface area (Å²) in [7, 11) is 0. The van der Waals surface area contributed by atoms with Crippen LogP contribution in [0.25, 0.3) is 0 Å². The van der Waals surface area contributed by atoms with E-state index in [1.165, 1.54) is 5.54 Å². The van der Waals surface area contributed by atoms with Gasteiger partial charge in [0.25, 0.3) is 0 Å². The molecule has 10 heavy (non-hydrogen) atoms. The molecule has 0 aliphatic carbocycles. The molecule has 2 N–H and O–H groups in total. The van der Waals surface area contributed by atoms with E-state index in [0.29, 0.717) is 6.54 Å². The van der Waals surface area contributed by atoms with E-state index in [4.69, 9.17) is 17.3 Å². The van der Waals surface area contributed by atoms with Gasteiger partial charge in [-0.25, -0.2) is 0 Å². The van der Waals surface area contributed by atoms with Crippen LogP contribution in [0, 0.1) is 0 Å². The van der Waals surface area contributed by atoms with E-state index in [0.717, 1.165) is 5.57 Å². The van der Waals surface area contributed by atoms with Crippen LogP contribution in [0.1, 0.15) is 6.92 Å². The Hall–Kier alpha value is -0.530. The highest BCUT2D eigenvalue weighted by molar-refractivity contribution is 6.25. The monoisotopic (exact) mass is 157 g/mol. The summed E-state index contributed by atoms with van der Waals surface area (Å²) in [4.78, 5) is 0. The molecule has 0 saturated heterocycles. The minimum absolute atomic E-state index is 0.547. The first-order valence-electron chi connectivity index (χ1n) is 3.13. The van der Waals surface area contributed by atoms with Gasteiger partial charge in [0.1, 0.15) is 0 Å². The largest absolute Gasteiger partial charge is 0.326 e. The smallest absolute Gasteiger partial charge is 0.0177 e. The van der Waals surface area contributed by atoms with Crippen LogP contribution in [0.2, 0.25) is 0 Å². The zero-order chi connectivity index (χ0) is 7.82. The van der Waals surface area contributed by atoms with Gasteiger partial charge in [-0.05, 0) is 12.5 Å². The average Bonchev–Trinajstić information content (AvgIpc) is 1.98. The van der Waals surface area contributed by atoms with Crippen molar-refractivity contribution in [3.63, 3.8) is 0 Å². The standard InChI is InChI=1S/C8H12ClN/c1-2-4-8(7-10)5-3-6-9/h2-6H,7,10H2,1H3/b4-2-,6-3+,8-5+. The van der Waals surface area contributed by atoms with Crippen LogP contribution in [-0.2, 0) is 0 Å². The minimum Gasteiger partial charge on any atom is -0.326 e. The van der Waals surface area contributed by atoms with Gasteiger partial charge in [0.05, 0.1) is 0 Å². The Morgan fingerprint density at radius 3 is 2.70 bits per heavy atom. The van der Waals surface area contributed by atoms with Crippen LogP contribution in [-0.4, -0.2) is 6.54 Å². The van der Waals surface area contributed by atoms with Gasteiger partial charge in [-0.3, -0.25) is 0 Å². The van der Waals surface area contributed by atoms with E-state index in [-0.39, 0.29) is 0 Å². The lowest BCUT2D eigenvalue weighted by atomic mass is 10.2. The quantitative estimate of drug-likeness (QED) is 0.625. The second-order valence-corrected chi connectivity index (χ2v) is 2.02. The number of hydrogen-bond donors (Lipinski definition) is 1. The van der Waals surface area contributed by atoms with Crippen LogP contribution in [0.5, 0.6) is 0 Å². The van der Waals surface area contributed by atoms with Crippen molar-refractivity contribution in [2.24, 2.45) is 5.73 Å². The molecule has 0 saturated carbocycles. The summed E-state index contributed by atoms with van der Waals surface area (Å²) in [5, 5.41) is 0. The fourth-order valence-electron chi connectivity index (χ4n) is 0.566. The van der Waals surface area contributed by atoms with E-state index in [9.17, 15) is 0 Å². The molecule has 0 bridgehead atoms. The van der Waals surface area contributed by atoms with Gasteiger partial charge in [-0.15, -0.1) is 0 Å². The third-order valence-electron chi connectivity index (χ3n) is 0.999. The lowest BCUT2D eigenvalue weighted by molar-refractivity contribution is 1.19. The molecule has 0 amide bonds. The van der Waals surface area contributed by atoms with Crippen LogP contribution in [0.4, 0.5) is 0 Å². The Labute approximate surface area is 66.9 Å². The molecule has 0 spiro atoms. The van der Waals surface area contributed by atoms with Crippen LogP contribution in [0.15, 0.2) is 35.4 Å². The molecule has 0 unspecified atom stereocenters. The number of nitrogens with two attached hydrogens (primary N) is 1. The molecule has 0 aromatic rings. The second-order valence-electron chi connectivity index (χ2n) is 1.76. The Kier molecular flexibility index (Phi) is 6.24. The van der Waals surface area contributed by atoms with Crippen molar-refractivity contribution < 1.29 is 0 Å². The topological polar surface area (TPSA) is 26.0 Å². The van der Waals surface area contributed by atoms with E-state index >= 15 is 0 Å². The average molecular weight is 158 g/mol. The molecular weight excluding hydrogens is 146 g/mol. The van der Waals surface area contributed by atoms with Gasteiger partial charge in [-0.2, -0.15) is 0 Å². The predicted octanol–water partition coefficient (Wildman–Crippen LogP) is 2.20. The van der Waals surface area contributed by atoms with Crippen molar-refractivity contribution in [3.8, 4) is 0 Å². The fraction of sp³-hybridized carbons (Fsp3) is 0.250. The number of hydrogen-bond acceptors (Lipinski definition) is 1. The van der Waals surface area contributed by atoms with Gasteiger partial charge in [-0.1, -0.05) is 35.9 Å². The summed E-state index contributed by atoms with van der Waals surface area (Å²) in [5.74, 6) is 0. The number of halogens is 1. The van der Waals surface area contributed by atoms with Crippen molar-refractivity contribution >= 4 is 11.6 Å². The maximum atomic E-state index is 5.40. The maximum absolute atomic E-state index is 5.40. The molecule has 0 rings (SSSR count). The Bertz CT molecular complexity index is 157. The molecule has 2 heteroatoms. The number of rotatable bonds is 3. The van der Waals surface area contributed by atoms with Gasteiger partial charge in [0.2, 0.25) is 0 Å². The van der Waals surface area contributed by atoms with Gasteiger partial charge >= 0.3 is 0 Å². The van der Waals surface area contributed by atoms with E-state index < -0.39 is 0 Å². The summed E-state index contributed by atoms with van der Waals surface area (Å²) >= 11 is 5.31. The first-order valence-corrected chi connectivity index (χ1v) is 3.57. The highest BCUT2D eigenvalue weighted by Gasteiger charge is 1.81. The van der Waals surface area contributed by atoms with Crippen LogP contribution in [0.3, 0.4) is 0 Å². The zero-order valence-corrected chi connectivity index (χ0v) is 6.81. The van der Waals surface area contributed by atoms with Crippen molar-refractivity contribution in [1.29, 1.82) is 0 Å². The van der Waals surface area contributed by atoms with Crippen LogP contribution >= 0.6 is 11.6 Å². The molecular formula is C8H12ClN. The summed E-state index contributed by atoms with van der Waals surface area (Å²) in [6.07, 6.45) is 7.54. The SMILES string of the molecule is C\C=C/C(=C\C=C\Cl)CN. The maximum Gasteiger partial charge on any atom is 0.0177 e. The molecule has 0 aliphatic rings. The number of allylic oxidation sites excluding steroid dienone is 3. The third kappa shape index (κ3) is 4.36. The fourth-order valence-corrected chi connectivity index (χ4v) is 0.638. The third-order valence-corrected chi connectivity index (χ3v) is 1.14. The normalized spacial score (nSPS) is 13.7. The first kappa shape index (κ1) is 9.47. The van der Waals surface area contributed by atoms with Crippen molar-refractivity contribution in [3.05, 3.63) is 35.4 Å². The molecule has 0 aromatic heterocycles. The van der Waals surface area contributed by atoms with Crippen molar-refractivity contribution in [2.45, 2.75) is 6.92 Å². The Morgan fingerprint density at radius 1 is 1.60 bits per heavy atom. The second kappa shape index (κ2) is 6.59. The summed E-state index contributed by atoms with van der Waals surface area (Å²) in [6, 6.07) is 0. The van der Waals surface area contributed by atoms with E-state index in [2.05, 4.69) is 0 Å². The predicted molar refractivity (Wildman–Crippen MR) is 46.9 cm³/mol. The van der Waals surface area contributed by atoms with E-state index in [1.54, 1.807) is 6.08 Å². The highest BCUT2D eigenvalue weighted by Crippen LogP contribution is 1.94. The molecule has 0 atom stereocenters. The molecule has 1 nitrogen and oxygen atoms in total. The van der Waals surface area contributed by atoms with Gasteiger partial charge < -0.3 is 5.73 Å². The van der Waals surface area contributed by atoms with Gasteiger partial charge in [0.15, 0.2) is 0 Å². The van der Waals surface area contributed by atoms with Crippen molar-refractivity contribution in [1.82, 2.24) is 0 Å². The lowest BCUT2D eigenvalue weighted by Gasteiger charge is -1.91. The molecule has 0 aromatic carbocycles. The first-order chi connectivity index (χ1) is 4.85. The summed E-state index contributed by atoms with van der Waals surface area (Å²) < 4.78 is 0. The minimum atomic E-state index is 0.547. The molecule has 0 fully saturated rings. The molecule has 0 heterocycles. The summed E-state index contributed by atoms with van der Waals surface area (Å²) in [5.41, 5.74) is 7.93. The Morgan fingerprint density at radius 2 is 2.30 bits per heavy atom. The molecule has 0 aliphatic heterocycles. The van der Waals surface area contributed by atoms with E-state index in [1.807, 2.05) is 25.2 Å². The lowest BCUT2D eigenvalue weighted by Crippen LogP contribution is -1.99. The van der Waals surface area contributed by atoms with Gasteiger partial charge in [0, 0.05) is 12.1 Å². The molecule has 56 valence electrons. The zero-order valence-electron chi connectivity index (χ0n) is 6.05. The Balaban J connectivity index is 4.04. The van der Waals surface area contributed by atoms with Crippen LogP contribution < -0.4 is 5.73 Å².